The molecule has 0 saturated carbocycles. The number of nitrogens with zero attached hydrogens (tertiary/aromatic N) is 1. The van der Waals surface area contributed by atoms with E-state index in [4.69, 9.17) is 14.6 Å². The molecule has 0 aromatic rings. The molecule has 0 aliphatic carbocycles. The lowest BCUT2D eigenvalue weighted by molar-refractivity contribution is -0.122. The summed E-state index contributed by atoms with van der Waals surface area (Å²) >= 11 is 0. The predicted octanol–water partition coefficient (Wildman–Crippen LogP) is -0.223. The molecule has 1 saturated heterocycles. The van der Waals surface area contributed by atoms with Gasteiger partial charge in [0.25, 0.3) is 0 Å². The highest BCUT2D eigenvalue weighted by atomic mass is 28.3. The van der Waals surface area contributed by atoms with Crippen LogP contribution in [0, 0.1) is 0 Å². The Bertz CT molecular complexity index is 263. The molecule has 0 aromatic heterocycles. The number of hydrogen-bond acceptors (Lipinski definition) is 6. The Kier molecular flexibility index (Phi) is 8.43. The predicted molar refractivity (Wildman–Crippen MR) is 77.0 cm³/mol. The van der Waals surface area contributed by atoms with Gasteiger partial charge in [-0.15, -0.1) is 0 Å². The SMILES string of the molecule is CCO[SiH](CC(=O)[C@@H]1CCCN1NCCN)OCC. The van der Waals surface area contributed by atoms with Crippen LogP contribution in [0.4, 0.5) is 0 Å². The van der Waals surface area contributed by atoms with Gasteiger partial charge in [0.1, 0.15) is 0 Å². The Morgan fingerprint density at radius 3 is 2.68 bits per heavy atom. The molecule has 0 unspecified atom stereocenters. The molecule has 1 atom stereocenters. The van der Waals surface area contributed by atoms with Crippen molar-refractivity contribution in [2.24, 2.45) is 5.73 Å². The Balaban J connectivity index is 2.45. The van der Waals surface area contributed by atoms with Crippen LogP contribution in [0.5, 0.6) is 0 Å². The topological polar surface area (TPSA) is 76.8 Å². The van der Waals surface area contributed by atoms with Crippen molar-refractivity contribution in [1.29, 1.82) is 0 Å². The summed E-state index contributed by atoms with van der Waals surface area (Å²) in [6, 6.07) is 0.412. The summed E-state index contributed by atoms with van der Waals surface area (Å²) in [5.41, 5.74) is 8.70. The third-order valence-electron chi connectivity index (χ3n) is 3.16. The van der Waals surface area contributed by atoms with Crippen molar-refractivity contribution in [1.82, 2.24) is 10.4 Å². The summed E-state index contributed by atoms with van der Waals surface area (Å²) in [7, 11) is -1.83. The Labute approximate surface area is 117 Å². The van der Waals surface area contributed by atoms with Crippen molar-refractivity contribution >= 4 is 15.1 Å². The summed E-state index contributed by atoms with van der Waals surface area (Å²) < 4.78 is 11.1. The van der Waals surface area contributed by atoms with Gasteiger partial charge in [-0.25, -0.2) is 5.01 Å². The second kappa shape index (κ2) is 9.57. The standard InChI is InChI=1S/C12H27N3O3Si/c1-3-17-19(18-4-2)10-12(16)11-6-5-9-15(11)14-8-7-13/h11,14,19H,3-10,13H2,1-2H3/t11-/m0/s1. The maximum Gasteiger partial charge on any atom is 0.329 e. The molecule has 3 N–H and O–H groups in total. The summed E-state index contributed by atoms with van der Waals surface area (Å²) in [6.45, 7) is 7.30. The van der Waals surface area contributed by atoms with Gasteiger partial charge in [0.15, 0.2) is 5.78 Å². The molecule has 1 rings (SSSR count). The van der Waals surface area contributed by atoms with Crippen LogP contribution in [0.1, 0.15) is 26.7 Å². The highest BCUT2D eigenvalue weighted by Gasteiger charge is 2.32. The minimum atomic E-state index is -1.83. The van der Waals surface area contributed by atoms with Crippen LogP contribution >= 0.6 is 0 Å². The van der Waals surface area contributed by atoms with Crippen LogP contribution in [0.3, 0.4) is 0 Å². The van der Waals surface area contributed by atoms with Crippen LogP contribution in [0.2, 0.25) is 6.04 Å². The first kappa shape index (κ1) is 16.7. The van der Waals surface area contributed by atoms with E-state index >= 15 is 0 Å². The van der Waals surface area contributed by atoms with E-state index in [1.54, 1.807) is 0 Å². The number of carbonyl (C=O) groups excluding carboxylic acids is 1. The third kappa shape index (κ3) is 5.68. The molecule has 0 radical (unpaired) electrons. The number of hydrazine groups is 1. The second-order valence-electron chi connectivity index (χ2n) is 4.56. The number of nitrogens with one attached hydrogen (secondary N) is 1. The van der Waals surface area contributed by atoms with Gasteiger partial charge in [0, 0.05) is 38.9 Å². The van der Waals surface area contributed by atoms with Gasteiger partial charge in [-0.1, -0.05) is 0 Å². The summed E-state index contributed by atoms with van der Waals surface area (Å²) in [5.74, 6) is 0.237. The molecule has 7 heteroatoms. The highest BCUT2D eigenvalue weighted by molar-refractivity contribution is 6.49. The molecule has 19 heavy (non-hydrogen) atoms. The van der Waals surface area contributed by atoms with Crippen LogP contribution in [-0.4, -0.2) is 59.0 Å². The van der Waals surface area contributed by atoms with Crippen molar-refractivity contribution in [3.63, 3.8) is 0 Å². The average molecular weight is 289 g/mol. The van der Waals surface area contributed by atoms with Crippen molar-refractivity contribution in [3.05, 3.63) is 0 Å². The lowest BCUT2D eigenvalue weighted by Crippen LogP contribution is -2.48. The maximum absolute atomic E-state index is 12.3. The summed E-state index contributed by atoms with van der Waals surface area (Å²) in [4.78, 5) is 12.3. The van der Waals surface area contributed by atoms with Crippen LogP contribution in [0.25, 0.3) is 0 Å². The summed E-state index contributed by atoms with van der Waals surface area (Å²) in [6.07, 6.45) is 1.96. The second-order valence-corrected chi connectivity index (χ2v) is 6.49. The Morgan fingerprint density at radius 1 is 1.42 bits per heavy atom. The number of hydrogen-bond donors (Lipinski definition) is 2. The molecule has 0 amide bonds. The van der Waals surface area contributed by atoms with E-state index in [9.17, 15) is 4.79 Å². The number of carbonyl (C=O) groups is 1. The van der Waals surface area contributed by atoms with Gasteiger partial charge in [0.05, 0.1) is 6.04 Å². The van der Waals surface area contributed by atoms with E-state index in [2.05, 4.69) is 5.43 Å². The first-order valence-corrected chi connectivity index (χ1v) is 8.94. The Morgan fingerprint density at radius 2 is 2.11 bits per heavy atom. The Hall–Kier alpha value is -0.313. The van der Waals surface area contributed by atoms with Crippen molar-refractivity contribution in [2.75, 3.05) is 32.8 Å². The molecule has 1 aliphatic heterocycles. The van der Waals surface area contributed by atoms with E-state index in [0.29, 0.717) is 32.3 Å². The lowest BCUT2D eigenvalue weighted by Gasteiger charge is -2.25. The van der Waals surface area contributed by atoms with Gasteiger partial charge in [0.2, 0.25) is 0 Å². The van der Waals surface area contributed by atoms with Crippen LogP contribution < -0.4 is 11.2 Å². The van der Waals surface area contributed by atoms with Gasteiger partial charge >= 0.3 is 9.28 Å². The molecule has 0 aromatic carbocycles. The van der Waals surface area contributed by atoms with Gasteiger partial charge in [-0.2, -0.15) is 0 Å². The molecular weight excluding hydrogens is 262 g/mol. The van der Waals surface area contributed by atoms with E-state index in [-0.39, 0.29) is 11.8 Å². The maximum atomic E-state index is 12.3. The van der Waals surface area contributed by atoms with E-state index in [1.807, 2.05) is 18.9 Å². The van der Waals surface area contributed by atoms with E-state index < -0.39 is 9.28 Å². The third-order valence-corrected chi connectivity index (χ3v) is 5.30. The number of ketones is 1. The normalized spacial score (nSPS) is 20.3. The van der Waals surface area contributed by atoms with Gasteiger partial charge < -0.3 is 14.6 Å². The number of Topliss-reactive ketones (excluding diaryl/α,β-unsaturated/α-hetero) is 1. The zero-order chi connectivity index (χ0) is 14.1. The van der Waals surface area contributed by atoms with Crippen molar-refractivity contribution in [2.45, 2.75) is 38.8 Å². The zero-order valence-corrected chi connectivity index (χ0v) is 13.2. The smallest absolute Gasteiger partial charge is 0.329 e. The number of rotatable bonds is 10. The van der Waals surface area contributed by atoms with Gasteiger partial charge in [-0.3, -0.25) is 10.2 Å². The first-order chi connectivity index (χ1) is 9.22. The molecule has 1 heterocycles. The molecule has 1 aliphatic rings. The fourth-order valence-corrected chi connectivity index (χ4v) is 4.01. The average Bonchev–Trinajstić information content (AvgIpc) is 2.85. The minimum absolute atomic E-state index is 0.0394. The molecule has 6 nitrogen and oxygen atoms in total. The quantitative estimate of drug-likeness (QED) is 0.541. The van der Waals surface area contributed by atoms with E-state index in [1.165, 1.54) is 0 Å². The molecule has 0 bridgehead atoms. The van der Waals surface area contributed by atoms with Crippen molar-refractivity contribution < 1.29 is 13.6 Å². The van der Waals surface area contributed by atoms with E-state index in [0.717, 1.165) is 19.4 Å². The first-order valence-electron chi connectivity index (χ1n) is 7.19. The van der Waals surface area contributed by atoms with Crippen molar-refractivity contribution in [3.8, 4) is 0 Å². The summed E-state index contributed by atoms with van der Waals surface area (Å²) in [5, 5.41) is 2.03. The van der Waals surface area contributed by atoms with Crippen LogP contribution in [-0.2, 0) is 13.6 Å². The molecule has 1 fully saturated rings. The molecule has 0 spiro atoms. The number of nitrogens with two attached hydrogens (primary N) is 1. The highest BCUT2D eigenvalue weighted by Crippen LogP contribution is 2.18. The van der Waals surface area contributed by atoms with Gasteiger partial charge in [-0.05, 0) is 26.7 Å². The molecule has 112 valence electrons. The fourth-order valence-electron chi connectivity index (χ4n) is 2.34. The molecular formula is C12H27N3O3Si. The monoisotopic (exact) mass is 289 g/mol. The fraction of sp³-hybridized carbons (Fsp3) is 0.917. The lowest BCUT2D eigenvalue weighted by atomic mass is 10.1. The minimum Gasteiger partial charge on any atom is -0.397 e. The van der Waals surface area contributed by atoms with Crippen LogP contribution in [0.15, 0.2) is 0 Å². The zero-order valence-electron chi connectivity index (χ0n) is 12.1. The largest absolute Gasteiger partial charge is 0.397 e.